The summed E-state index contributed by atoms with van der Waals surface area (Å²) in [5, 5.41) is 9.05. The molecule has 27 heavy (non-hydrogen) atoms. The summed E-state index contributed by atoms with van der Waals surface area (Å²) in [6.45, 7) is 2.21. The summed E-state index contributed by atoms with van der Waals surface area (Å²) in [4.78, 5) is 29.5. The van der Waals surface area contributed by atoms with Gasteiger partial charge in [-0.1, -0.05) is 12.1 Å². The van der Waals surface area contributed by atoms with E-state index in [-0.39, 0.29) is 18.5 Å². The molecule has 3 rings (SSSR count). The van der Waals surface area contributed by atoms with Crippen molar-refractivity contribution in [2.75, 3.05) is 18.9 Å². The van der Waals surface area contributed by atoms with Crippen molar-refractivity contribution in [1.29, 1.82) is 0 Å². The zero-order valence-electron chi connectivity index (χ0n) is 15.0. The monoisotopic (exact) mass is 384 g/mol. The lowest BCUT2D eigenvalue weighted by Gasteiger charge is -2.24. The molecule has 1 aromatic carbocycles. The summed E-state index contributed by atoms with van der Waals surface area (Å²) >= 11 is 1.27. The standard InChI is InChI=1S/C18H20N6O2S/c1-12(13-3-5-14(6-4-13)24-11-20-10-21-24)23(2)9-16(25)22-18-15(17(19)26)7-8-27-18/h3-8,10-12H,9H2,1-2H3,(H2,19,26)(H,22,25)/t12-/m1/s1. The molecule has 0 aliphatic carbocycles. The number of carbonyl (C=O) groups excluding carboxylic acids is 2. The van der Waals surface area contributed by atoms with Crippen molar-refractivity contribution >= 4 is 28.2 Å². The average Bonchev–Trinajstić information content (AvgIpc) is 3.33. The van der Waals surface area contributed by atoms with Gasteiger partial charge in [-0.05, 0) is 43.1 Å². The second-order valence-corrected chi connectivity index (χ2v) is 7.01. The summed E-state index contributed by atoms with van der Waals surface area (Å²) in [7, 11) is 1.87. The van der Waals surface area contributed by atoms with Crippen molar-refractivity contribution < 1.29 is 9.59 Å². The quantitative estimate of drug-likeness (QED) is 0.648. The van der Waals surface area contributed by atoms with E-state index >= 15 is 0 Å². The Morgan fingerprint density at radius 1 is 1.30 bits per heavy atom. The normalized spacial score (nSPS) is 12.1. The van der Waals surface area contributed by atoms with E-state index in [2.05, 4.69) is 15.4 Å². The topological polar surface area (TPSA) is 106 Å². The van der Waals surface area contributed by atoms with Crippen molar-refractivity contribution in [3.63, 3.8) is 0 Å². The van der Waals surface area contributed by atoms with Crippen molar-refractivity contribution in [2.24, 2.45) is 5.73 Å². The van der Waals surface area contributed by atoms with Crippen LogP contribution in [0.3, 0.4) is 0 Å². The van der Waals surface area contributed by atoms with Crippen LogP contribution in [-0.4, -0.2) is 45.1 Å². The van der Waals surface area contributed by atoms with Crippen LogP contribution >= 0.6 is 11.3 Å². The van der Waals surface area contributed by atoms with Gasteiger partial charge in [0.1, 0.15) is 17.7 Å². The summed E-state index contributed by atoms with van der Waals surface area (Å²) in [5.74, 6) is -0.755. The zero-order chi connectivity index (χ0) is 19.4. The molecule has 2 amide bonds. The first-order valence-corrected chi connectivity index (χ1v) is 9.16. The van der Waals surface area contributed by atoms with Crippen LogP contribution in [0.15, 0.2) is 48.4 Å². The summed E-state index contributed by atoms with van der Waals surface area (Å²) in [5.41, 5.74) is 7.62. The van der Waals surface area contributed by atoms with Gasteiger partial charge in [0.05, 0.1) is 17.8 Å². The molecule has 0 spiro atoms. The van der Waals surface area contributed by atoms with Gasteiger partial charge in [-0.25, -0.2) is 9.67 Å². The molecule has 0 aliphatic rings. The van der Waals surface area contributed by atoms with Crippen LogP contribution in [0.2, 0.25) is 0 Å². The number of carbonyl (C=O) groups is 2. The van der Waals surface area contributed by atoms with Crippen LogP contribution in [0, 0.1) is 0 Å². The molecule has 0 saturated heterocycles. The molecule has 0 saturated carbocycles. The van der Waals surface area contributed by atoms with Crippen LogP contribution in [0.5, 0.6) is 0 Å². The minimum atomic E-state index is -0.555. The number of anilines is 1. The Hall–Kier alpha value is -3.04. The molecule has 0 bridgehead atoms. The van der Waals surface area contributed by atoms with Gasteiger partial charge >= 0.3 is 0 Å². The summed E-state index contributed by atoms with van der Waals surface area (Å²) in [6.07, 6.45) is 3.12. The molecule has 140 valence electrons. The van der Waals surface area contributed by atoms with Crippen molar-refractivity contribution in [1.82, 2.24) is 19.7 Å². The molecule has 9 heteroatoms. The Morgan fingerprint density at radius 3 is 2.67 bits per heavy atom. The number of nitrogens with two attached hydrogens (primary N) is 1. The van der Waals surface area contributed by atoms with Crippen LogP contribution in [-0.2, 0) is 4.79 Å². The van der Waals surface area contributed by atoms with Crippen LogP contribution in [0.4, 0.5) is 5.00 Å². The van der Waals surface area contributed by atoms with Gasteiger partial charge < -0.3 is 11.1 Å². The van der Waals surface area contributed by atoms with E-state index < -0.39 is 5.91 Å². The summed E-state index contributed by atoms with van der Waals surface area (Å²) in [6, 6.07) is 9.55. The smallest absolute Gasteiger partial charge is 0.251 e. The second kappa shape index (κ2) is 8.11. The molecule has 2 aromatic heterocycles. The van der Waals surface area contributed by atoms with Gasteiger partial charge in [0, 0.05) is 6.04 Å². The Morgan fingerprint density at radius 2 is 2.04 bits per heavy atom. The molecule has 0 unspecified atom stereocenters. The van der Waals surface area contributed by atoms with E-state index in [4.69, 9.17) is 5.73 Å². The van der Waals surface area contributed by atoms with E-state index in [1.807, 2.05) is 43.1 Å². The molecular formula is C18H20N6O2S. The van der Waals surface area contributed by atoms with Crippen LogP contribution in [0.25, 0.3) is 5.69 Å². The van der Waals surface area contributed by atoms with Crippen molar-refractivity contribution in [3.05, 3.63) is 59.5 Å². The molecule has 1 atom stereocenters. The van der Waals surface area contributed by atoms with Gasteiger partial charge in [-0.2, -0.15) is 5.10 Å². The third-order valence-electron chi connectivity index (χ3n) is 4.30. The predicted molar refractivity (Wildman–Crippen MR) is 104 cm³/mol. The first kappa shape index (κ1) is 18.7. The maximum atomic E-state index is 12.3. The fourth-order valence-electron chi connectivity index (χ4n) is 2.63. The molecule has 0 fully saturated rings. The van der Waals surface area contributed by atoms with Crippen molar-refractivity contribution in [2.45, 2.75) is 13.0 Å². The number of nitrogens with one attached hydrogen (secondary N) is 1. The van der Waals surface area contributed by atoms with E-state index in [0.29, 0.717) is 10.6 Å². The molecule has 3 aromatic rings. The van der Waals surface area contributed by atoms with Gasteiger partial charge in [-0.3, -0.25) is 14.5 Å². The number of aromatic nitrogens is 3. The highest BCUT2D eigenvalue weighted by Gasteiger charge is 2.17. The third kappa shape index (κ3) is 4.39. The Balaban J connectivity index is 1.61. The lowest BCUT2D eigenvalue weighted by molar-refractivity contribution is -0.117. The van der Waals surface area contributed by atoms with Gasteiger partial charge in [0.15, 0.2) is 0 Å². The highest BCUT2D eigenvalue weighted by atomic mass is 32.1. The second-order valence-electron chi connectivity index (χ2n) is 6.10. The van der Waals surface area contributed by atoms with Crippen LogP contribution in [0.1, 0.15) is 28.9 Å². The third-order valence-corrected chi connectivity index (χ3v) is 5.13. The molecule has 2 heterocycles. The molecule has 0 radical (unpaired) electrons. The number of likely N-dealkylation sites (N-methyl/N-ethyl adjacent to an activating group) is 1. The van der Waals surface area contributed by atoms with Gasteiger partial charge in [0.2, 0.25) is 5.91 Å². The average molecular weight is 384 g/mol. The Labute approximate surface area is 160 Å². The first-order chi connectivity index (χ1) is 13.0. The van der Waals surface area contributed by atoms with Gasteiger partial charge in [-0.15, -0.1) is 11.3 Å². The number of hydrogen-bond acceptors (Lipinski definition) is 6. The molecule has 0 aliphatic heterocycles. The van der Waals surface area contributed by atoms with Gasteiger partial charge in [0.25, 0.3) is 5.91 Å². The Bertz CT molecular complexity index is 920. The number of thiophene rings is 1. The predicted octanol–water partition coefficient (Wildman–Crippen LogP) is 2.06. The largest absolute Gasteiger partial charge is 0.366 e. The Kier molecular flexibility index (Phi) is 5.63. The fourth-order valence-corrected chi connectivity index (χ4v) is 3.44. The van der Waals surface area contributed by atoms with E-state index in [1.54, 1.807) is 22.5 Å². The number of primary amides is 1. The van der Waals surface area contributed by atoms with E-state index in [0.717, 1.165) is 11.3 Å². The van der Waals surface area contributed by atoms with Crippen molar-refractivity contribution in [3.8, 4) is 5.69 Å². The highest BCUT2D eigenvalue weighted by molar-refractivity contribution is 7.14. The number of benzene rings is 1. The minimum Gasteiger partial charge on any atom is -0.366 e. The van der Waals surface area contributed by atoms with E-state index in [1.165, 1.54) is 17.7 Å². The SMILES string of the molecule is C[C@H](c1ccc(-n2cncn2)cc1)N(C)CC(=O)Nc1sccc1C(N)=O. The molecule has 3 N–H and O–H groups in total. The number of hydrogen-bond donors (Lipinski definition) is 2. The maximum absolute atomic E-state index is 12.3. The highest BCUT2D eigenvalue weighted by Crippen LogP contribution is 2.23. The number of nitrogens with zero attached hydrogens (tertiary/aromatic N) is 4. The lowest BCUT2D eigenvalue weighted by Crippen LogP contribution is -2.32. The minimum absolute atomic E-state index is 0.0273. The molecular weight excluding hydrogens is 364 g/mol. The number of amides is 2. The van der Waals surface area contributed by atoms with E-state index in [9.17, 15) is 9.59 Å². The maximum Gasteiger partial charge on any atom is 0.251 e. The zero-order valence-corrected chi connectivity index (χ0v) is 15.8. The van der Waals surface area contributed by atoms with Crippen LogP contribution < -0.4 is 11.1 Å². The first-order valence-electron chi connectivity index (χ1n) is 8.28. The number of rotatable bonds is 7. The fraction of sp³-hybridized carbons (Fsp3) is 0.222. The summed E-state index contributed by atoms with van der Waals surface area (Å²) < 4.78 is 1.68. The molecule has 8 nitrogen and oxygen atoms in total. The lowest BCUT2D eigenvalue weighted by atomic mass is 10.1.